The van der Waals surface area contributed by atoms with Crippen LogP contribution in [0, 0.1) is 0 Å². The number of benzene rings is 1. The fourth-order valence-electron chi connectivity index (χ4n) is 2.37. The summed E-state index contributed by atoms with van der Waals surface area (Å²) in [4.78, 5) is 25.8. The van der Waals surface area contributed by atoms with E-state index < -0.39 is 0 Å². The smallest absolute Gasteiger partial charge is 0.242 e. The quantitative estimate of drug-likeness (QED) is 0.899. The second-order valence-corrected chi connectivity index (χ2v) is 5.48. The normalized spacial score (nSPS) is 21.9. The zero-order valence-corrected chi connectivity index (χ0v) is 12.5. The molecule has 0 bridgehead atoms. The maximum Gasteiger partial charge on any atom is 0.242 e. The van der Waals surface area contributed by atoms with Crippen LogP contribution in [0.15, 0.2) is 30.3 Å². The first-order valence-corrected chi connectivity index (χ1v) is 7.28. The van der Waals surface area contributed by atoms with Crippen molar-refractivity contribution in [3.05, 3.63) is 35.9 Å². The second kappa shape index (κ2) is 7.22. The van der Waals surface area contributed by atoms with Crippen molar-refractivity contribution in [3.8, 4) is 0 Å². The molecule has 5 heteroatoms. The van der Waals surface area contributed by atoms with Gasteiger partial charge in [-0.3, -0.25) is 9.59 Å². The lowest BCUT2D eigenvalue weighted by atomic mass is 10.1. The Morgan fingerprint density at radius 3 is 2.71 bits per heavy atom. The number of hydrogen-bond donors (Lipinski definition) is 1. The SMILES string of the molecule is C[C@@H]1CN(C(=O)CNC(=O)Cc2ccccc2)[C@@H](C)CO1. The average Bonchev–Trinajstić information content (AvgIpc) is 2.48. The summed E-state index contributed by atoms with van der Waals surface area (Å²) in [6.45, 7) is 5.07. The Hall–Kier alpha value is -1.88. The van der Waals surface area contributed by atoms with E-state index in [1.54, 1.807) is 4.90 Å². The summed E-state index contributed by atoms with van der Waals surface area (Å²) >= 11 is 0. The summed E-state index contributed by atoms with van der Waals surface area (Å²) in [7, 11) is 0. The van der Waals surface area contributed by atoms with Gasteiger partial charge in [0.25, 0.3) is 0 Å². The van der Waals surface area contributed by atoms with E-state index in [1.165, 1.54) is 0 Å². The highest BCUT2D eigenvalue weighted by Crippen LogP contribution is 2.11. The van der Waals surface area contributed by atoms with E-state index in [0.717, 1.165) is 5.56 Å². The summed E-state index contributed by atoms with van der Waals surface area (Å²) in [6, 6.07) is 9.54. The highest BCUT2D eigenvalue weighted by atomic mass is 16.5. The monoisotopic (exact) mass is 290 g/mol. The van der Waals surface area contributed by atoms with E-state index in [1.807, 2.05) is 44.2 Å². The lowest BCUT2D eigenvalue weighted by molar-refractivity contribution is -0.143. The maximum atomic E-state index is 12.2. The molecule has 21 heavy (non-hydrogen) atoms. The molecule has 0 unspecified atom stereocenters. The average molecular weight is 290 g/mol. The number of carbonyl (C=O) groups excluding carboxylic acids is 2. The third-order valence-corrected chi connectivity index (χ3v) is 3.57. The molecular weight excluding hydrogens is 268 g/mol. The molecule has 1 fully saturated rings. The van der Waals surface area contributed by atoms with Gasteiger partial charge in [0, 0.05) is 6.54 Å². The molecule has 1 saturated heterocycles. The van der Waals surface area contributed by atoms with Crippen molar-refractivity contribution in [1.29, 1.82) is 0 Å². The van der Waals surface area contributed by atoms with Crippen LogP contribution in [0.3, 0.4) is 0 Å². The van der Waals surface area contributed by atoms with Gasteiger partial charge in [0.05, 0.1) is 31.7 Å². The summed E-state index contributed by atoms with van der Waals surface area (Å²) in [5.41, 5.74) is 0.941. The number of nitrogens with one attached hydrogen (secondary N) is 1. The first kappa shape index (κ1) is 15.5. The first-order valence-electron chi connectivity index (χ1n) is 7.28. The van der Waals surface area contributed by atoms with Crippen LogP contribution in [-0.4, -0.2) is 48.6 Å². The number of hydrogen-bond acceptors (Lipinski definition) is 3. The van der Waals surface area contributed by atoms with E-state index in [4.69, 9.17) is 4.74 Å². The molecule has 0 spiro atoms. The van der Waals surface area contributed by atoms with Crippen LogP contribution in [0.5, 0.6) is 0 Å². The van der Waals surface area contributed by atoms with Gasteiger partial charge in [-0.25, -0.2) is 0 Å². The van der Waals surface area contributed by atoms with Gasteiger partial charge in [0.15, 0.2) is 0 Å². The molecule has 114 valence electrons. The van der Waals surface area contributed by atoms with Crippen molar-refractivity contribution in [2.45, 2.75) is 32.4 Å². The van der Waals surface area contributed by atoms with Gasteiger partial charge in [0.1, 0.15) is 0 Å². The van der Waals surface area contributed by atoms with Crippen molar-refractivity contribution >= 4 is 11.8 Å². The summed E-state index contributed by atoms with van der Waals surface area (Å²) in [5.74, 6) is -0.192. The van der Waals surface area contributed by atoms with E-state index in [0.29, 0.717) is 19.6 Å². The predicted octanol–water partition coefficient (Wildman–Crippen LogP) is 0.981. The number of carbonyl (C=O) groups is 2. The molecule has 0 aliphatic carbocycles. The minimum atomic E-state index is -0.136. The zero-order chi connectivity index (χ0) is 15.2. The molecule has 0 radical (unpaired) electrons. The lowest BCUT2D eigenvalue weighted by Gasteiger charge is -2.36. The number of morpholine rings is 1. The molecule has 1 heterocycles. The van der Waals surface area contributed by atoms with E-state index >= 15 is 0 Å². The van der Waals surface area contributed by atoms with Gasteiger partial charge < -0.3 is 15.0 Å². The Morgan fingerprint density at radius 2 is 2.00 bits per heavy atom. The van der Waals surface area contributed by atoms with Crippen LogP contribution in [-0.2, 0) is 20.7 Å². The third kappa shape index (κ3) is 4.56. The molecular formula is C16H22N2O3. The fourth-order valence-corrected chi connectivity index (χ4v) is 2.37. The minimum Gasteiger partial charge on any atom is -0.375 e. The van der Waals surface area contributed by atoms with E-state index in [2.05, 4.69) is 5.32 Å². The van der Waals surface area contributed by atoms with Gasteiger partial charge in [-0.15, -0.1) is 0 Å². The van der Waals surface area contributed by atoms with Gasteiger partial charge >= 0.3 is 0 Å². The fraction of sp³-hybridized carbons (Fsp3) is 0.500. The Balaban J connectivity index is 1.79. The number of ether oxygens (including phenoxy) is 1. The first-order chi connectivity index (χ1) is 10.1. The largest absolute Gasteiger partial charge is 0.375 e. The Labute approximate surface area is 125 Å². The number of nitrogens with zero attached hydrogens (tertiary/aromatic N) is 1. The van der Waals surface area contributed by atoms with Crippen molar-refractivity contribution in [2.24, 2.45) is 0 Å². The molecule has 0 saturated carbocycles. The standard InChI is InChI=1S/C16H22N2O3/c1-12-11-21-13(2)10-18(12)16(20)9-17-15(19)8-14-6-4-3-5-7-14/h3-7,12-13H,8-11H2,1-2H3,(H,17,19)/t12-,13+/m0/s1. The highest BCUT2D eigenvalue weighted by molar-refractivity contribution is 5.85. The minimum absolute atomic E-state index is 0.0444. The topological polar surface area (TPSA) is 58.6 Å². The van der Waals surface area contributed by atoms with Crippen LogP contribution in [0.1, 0.15) is 19.4 Å². The summed E-state index contributed by atoms with van der Waals surface area (Å²) in [6.07, 6.45) is 0.341. The highest BCUT2D eigenvalue weighted by Gasteiger charge is 2.27. The molecule has 1 aromatic carbocycles. The van der Waals surface area contributed by atoms with Crippen molar-refractivity contribution in [1.82, 2.24) is 10.2 Å². The van der Waals surface area contributed by atoms with Crippen molar-refractivity contribution < 1.29 is 14.3 Å². The molecule has 2 amide bonds. The number of amides is 2. The van der Waals surface area contributed by atoms with Gasteiger partial charge in [-0.05, 0) is 19.4 Å². The van der Waals surface area contributed by atoms with E-state index in [-0.39, 0.29) is 30.5 Å². The summed E-state index contributed by atoms with van der Waals surface area (Å²) in [5, 5.41) is 2.69. The molecule has 5 nitrogen and oxygen atoms in total. The van der Waals surface area contributed by atoms with E-state index in [9.17, 15) is 9.59 Å². The summed E-state index contributed by atoms with van der Waals surface area (Å²) < 4.78 is 5.49. The Bertz CT molecular complexity index is 490. The molecule has 0 aromatic heterocycles. The van der Waals surface area contributed by atoms with Crippen LogP contribution in [0.25, 0.3) is 0 Å². The predicted molar refractivity (Wildman–Crippen MR) is 79.7 cm³/mol. The molecule has 2 atom stereocenters. The van der Waals surface area contributed by atoms with Crippen LogP contribution < -0.4 is 5.32 Å². The molecule has 1 aliphatic heterocycles. The lowest BCUT2D eigenvalue weighted by Crippen LogP contribution is -2.53. The van der Waals surface area contributed by atoms with Crippen molar-refractivity contribution in [3.63, 3.8) is 0 Å². The van der Waals surface area contributed by atoms with Gasteiger partial charge in [0.2, 0.25) is 11.8 Å². The molecule has 2 rings (SSSR count). The van der Waals surface area contributed by atoms with Crippen LogP contribution >= 0.6 is 0 Å². The van der Waals surface area contributed by atoms with Crippen molar-refractivity contribution in [2.75, 3.05) is 19.7 Å². The Kier molecular flexibility index (Phi) is 5.33. The molecule has 1 aliphatic rings. The van der Waals surface area contributed by atoms with Gasteiger partial charge in [-0.2, -0.15) is 0 Å². The third-order valence-electron chi connectivity index (χ3n) is 3.57. The van der Waals surface area contributed by atoms with Crippen LogP contribution in [0.2, 0.25) is 0 Å². The molecule has 1 aromatic rings. The number of rotatable bonds is 4. The Morgan fingerprint density at radius 1 is 1.29 bits per heavy atom. The zero-order valence-electron chi connectivity index (χ0n) is 12.5. The second-order valence-electron chi connectivity index (χ2n) is 5.48. The molecule has 1 N–H and O–H groups in total. The van der Waals surface area contributed by atoms with Crippen LogP contribution in [0.4, 0.5) is 0 Å². The maximum absolute atomic E-state index is 12.2. The van der Waals surface area contributed by atoms with Gasteiger partial charge in [-0.1, -0.05) is 30.3 Å².